The fraction of sp³-hybridized carbons (Fsp3) is 0.562. The van der Waals surface area contributed by atoms with E-state index in [1.54, 1.807) is 12.1 Å². The number of anilines is 1. The van der Waals surface area contributed by atoms with E-state index < -0.39 is 0 Å². The van der Waals surface area contributed by atoms with Gasteiger partial charge in [-0.05, 0) is 55.2 Å². The third-order valence-electron chi connectivity index (χ3n) is 4.88. The second-order valence-corrected chi connectivity index (χ2v) is 6.09. The summed E-state index contributed by atoms with van der Waals surface area (Å²) in [6, 6.07) is 6.71. The summed E-state index contributed by atoms with van der Waals surface area (Å²) in [5.41, 5.74) is 0.997. The lowest BCUT2D eigenvalue weighted by molar-refractivity contribution is 0.337. The lowest BCUT2D eigenvalue weighted by Crippen LogP contribution is -2.29. The second-order valence-electron chi connectivity index (χ2n) is 6.09. The van der Waals surface area contributed by atoms with Gasteiger partial charge in [-0.25, -0.2) is 4.39 Å². The Kier molecular flexibility index (Phi) is 3.18. The average Bonchev–Trinajstić information content (AvgIpc) is 3.00. The Hall–Kier alpha value is -1.56. The highest BCUT2D eigenvalue weighted by Gasteiger charge is 2.39. The number of halogens is 1. The molecule has 0 saturated heterocycles. The minimum absolute atomic E-state index is 0.287. The van der Waals surface area contributed by atoms with Crippen molar-refractivity contribution in [3.63, 3.8) is 0 Å². The molecule has 2 saturated carbocycles. The molecule has 0 amide bonds. The van der Waals surface area contributed by atoms with Gasteiger partial charge in [0.25, 0.3) is 0 Å². The summed E-state index contributed by atoms with van der Waals surface area (Å²) < 4.78 is 14.0. The molecule has 0 spiro atoms. The van der Waals surface area contributed by atoms with E-state index in [0.29, 0.717) is 11.3 Å². The molecule has 2 bridgehead atoms. The summed E-state index contributed by atoms with van der Waals surface area (Å²) in [5.74, 6) is 2.21. The van der Waals surface area contributed by atoms with Crippen molar-refractivity contribution in [2.24, 2.45) is 17.8 Å². The number of rotatable bonds is 3. The van der Waals surface area contributed by atoms with Gasteiger partial charge in [-0.3, -0.25) is 0 Å². The molecular formula is C16H19FN2. The first kappa shape index (κ1) is 12.5. The summed E-state index contributed by atoms with van der Waals surface area (Å²) in [6.07, 6.45) is 5.45. The topological polar surface area (TPSA) is 27.0 Å². The number of nitrogens with zero attached hydrogens (tertiary/aromatic N) is 2. The van der Waals surface area contributed by atoms with E-state index in [9.17, 15) is 4.39 Å². The van der Waals surface area contributed by atoms with Gasteiger partial charge in [0.2, 0.25) is 0 Å². The Labute approximate surface area is 113 Å². The SMILES string of the molecule is CN(CC1CC2CCC1C2)c1ccc(C#N)cc1F. The number of benzene rings is 1. The van der Waals surface area contributed by atoms with Gasteiger partial charge in [-0.1, -0.05) is 6.42 Å². The van der Waals surface area contributed by atoms with E-state index in [1.807, 2.05) is 18.0 Å². The standard InChI is InChI=1S/C16H19FN2/c1-19(10-14-7-11-2-4-13(14)6-11)16-5-3-12(9-18)8-15(16)17/h3,5,8,11,13-14H,2,4,6-7,10H2,1H3. The maximum atomic E-state index is 14.0. The van der Waals surface area contributed by atoms with E-state index in [2.05, 4.69) is 0 Å². The molecule has 0 N–H and O–H groups in total. The Morgan fingerprint density at radius 2 is 2.21 bits per heavy atom. The first-order valence-electron chi connectivity index (χ1n) is 7.08. The normalized spacial score (nSPS) is 28.4. The predicted octanol–water partition coefficient (Wildman–Crippen LogP) is 3.57. The van der Waals surface area contributed by atoms with Crippen molar-refractivity contribution >= 4 is 5.69 Å². The molecule has 0 aliphatic heterocycles. The van der Waals surface area contributed by atoms with Crippen molar-refractivity contribution in [2.75, 3.05) is 18.5 Å². The zero-order valence-electron chi connectivity index (χ0n) is 11.3. The first-order valence-corrected chi connectivity index (χ1v) is 7.08. The summed E-state index contributed by atoms with van der Waals surface area (Å²) in [6.45, 7) is 0.935. The van der Waals surface area contributed by atoms with Crippen LogP contribution in [0.2, 0.25) is 0 Å². The van der Waals surface area contributed by atoms with Crippen LogP contribution >= 0.6 is 0 Å². The summed E-state index contributed by atoms with van der Waals surface area (Å²) in [5, 5.41) is 8.76. The van der Waals surface area contributed by atoms with Gasteiger partial charge in [0, 0.05) is 13.6 Å². The van der Waals surface area contributed by atoms with Gasteiger partial charge in [0.05, 0.1) is 17.3 Å². The number of nitriles is 1. The zero-order chi connectivity index (χ0) is 13.4. The van der Waals surface area contributed by atoms with Crippen LogP contribution in [0.15, 0.2) is 18.2 Å². The molecule has 3 unspecified atom stereocenters. The van der Waals surface area contributed by atoms with Gasteiger partial charge in [-0.15, -0.1) is 0 Å². The van der Waals surface area contributed by atoms with E-state index >= 15 is 0 Å². The van der Waals surface area contributed by atoms with Crippen LogP contribution in [-0.2, 0) is 0 Å². The molecule has 0 radical (unpaired) electrons. The van der Waals surface area contributed by atoms with E-state index in [4.69, 9.17) is 5.26 Å². The van der Waals surface area contributed by atoms with Crippen LogP contribution in [0.3, 0.4) is 0 Å². The average molecular weight is 258 g/mol. The second kappa shape index (κ2) is 4.85. The minimum Gasteiger partial charge on any atom is -0.372 e. The highest BCUT2D eigenvalue weighted by Crippen LogP contribution is 2.48. The molecule has 1 aromatic carbocycles. The number of hydrogen-bond donors (Lipinski definition) is 0. The maximum Gasteiger partial charge on any atom is 0.147 e. The Morgan fingerprint density at radius 1 is 1.37 bits per heavy atom. The molecule has 19 heavy (non-hydrogen) atoms. The van der Waals surface area contributed by atoms with Crippen molar-refractivity contribution in [2.45, 2.75) is 25.7 Å². The van der Waals surface area contributed by atoms with E-state index in [1.165, 1.54) is 31.7 Å². The van der Waals surface area contributed by atoms with Gasteiger partial charge in [-0.2, -0.15) is 5.26 Å². The zero-order valence-corrected chi connectivity index (χ0v) is 11.3. The van der Waals surface area contributed by atoms with Crippen molar-refractivity contribution in [3.8, 4) is 6.07 Å². The van der Waals surface area contributed by atoms with Crippen LogP contribution in [-0.4, -0.2) is 13.6 Å². The molecular weight excluding hydrogens is 239 g/mol. The Bertz CT molecular complexity index is 520. The molecule has 2 aliphatic rings. The number of hydrogen-bond acceptors (Lipinski definition) is 2. The highest BCUT2D eigenvalue weighted by molar-refractivity contribution is 5.50. The molecule has 3 heteroatoms. The third kappa shape index (κ3) is 2.32. The molecule has 0 aromatic heterocycles. The van der Waals surface area contributed by atoms with Crippen LogP contribution in [0.5, 0.6) is 0 Å². The van der Waals surface area contributed by atoms with Crippen LogP contribution in [0.4, 0.5) is 10.1 Å². The van der Waals surface area contributed by atoms with Crippen LogP contribution in [0, 0.1) is 34.9 Å². The lowest BCUT2D eigenvalue weighted by atomic mass is 9.88. The monoisotopic (exact) mass is 258 g/mol. The van der Waals surface area contributed by atoms with E-state index in [-0.39, 0.29) is 5.82 Å². The molecule has 100 valence electrons. The smallest absolute Gasteiger partial charge is 0.147 e. The first-order chi connectivity index (χ1) is 9.17. The lowest BCUT2D eigenvalue weighted by Gasteiger charge is -2.28. The minimum atomic E-state index is -0.287. The predicted molar refractivity (Wildman–Crippen MR) is 73.3 cm³/mol. The van der Waals surface area contributed by atoms with Crippen LogP contribution < -0.4 is 4.90 Å². The number of fused-ring (bicyclic) bond motifs is 2. The summed E-state index contributed by atoms with van der Waals surface area (Å²) in [4.78, 5) is 2.02. The van der Waals surface area contributed by atoms with E-state index in [0.717, 1.165) is 24.3 Å². The maximum absolute atomic E-state index is 14.0. The van der Waals surface area contributed by atoms with Crippen molar-refractivity contribution in [1.29, 1.82) is 5.26 Å². The molecule has 1 aromatic rings. The fourth-order valence-corrected chi connectivity index (χ4v) is 3.94. The van der Waals surface area contributed by atoms with Gasteiger partial charge in [0.1, 0.15) is 5.82 Å². The molecule has 2 fully saturated rings. The summed E-state index contributed by atoms with van der Waals surface area (Å²) in [7, 11) is 1.95. The summed E-state index contributed by atoms with van der Waals surface area (Å²) >= 11 is 0. The van der Waals surface area contributed by atoms with Crippen LogP contribution in [0.25, 0.3) is 0 Å². The van der Waals surface area contributed by atoms with Crippen molar-refractivity contribution in [3.05, 3.63) is 29.6 Å². The van der Waals surface area contributed by atoms with Gasteiger partial charge >= 0.3 is 0 Å². The fourth-order valence-electron chi connectivity index (χ4n) is 3.94. The third-order valence-corrected chi connectivity index (χ3v) is 4.88. The van der Waals surface area contributed by atoms with Crippen molar-refractivity contribution < 1.29 is 4.39 Å². The highest BCUT2D eigenvalue weighted by atomic mass is 19.1. The van der Waals surface area contributed by atoms with Gasteiger partial charge in [0.15, 0.2) is 0 Å². The molecule has 0 heterocycles. The Morgan fingerprint density at radius 3 is 2.79 bits per heavy atom. The quantitative estimate of drug-likeness (QED) is 0.828. The molecule has 3 atom stereocenters. The van der Waals surface area contributed by atoms with Crippen molar-refractivity contribution in [1.82, 2.24) is 0 Å². The van der Waals surface area contributed by atoms with Gasteiger partial charge < -0.3 is 4.90 Å². The largest absolute Gasteiger partial charge is 0.372 e. The molecule has 3 rings (SSSR count). The van der Waals surface area contributed by atoms with Crippen LogP contribution in [0.1, 0.15) is 31.2 Å². The molecule has 2 nitrogen and oxygen atoms in total. The Balaban J connectivity index is 1.70. The molecule has 2 aliphatic carbocycles.